The van der Waals surface area contributed by atoms with E-state index >= 15 is 0 Å². The summed E-state index contributed by atoms with van der Waals surface area (Å²) in [5.74, 6) is -1.14. The van der Waals surface area contributed by atoms with Gasteiger partial charge < -0.3 is 5.32 Å². The number of halogens is 1. The van der Waals surface area contributed by atoms with Gasteiger partial charge in [0.1, 0.15) is 11.5 Å². The lowest BCUT2D eigenvalue weighted by molar-refractivity contribution is -0.136. The molecule has 2 amide bonds. The highest BCUT2D eigenvalue weighted by Crippen LogP contribution is 2.30. The number of aryl methyl sites for hydroxylation is 1. The first-order valence-corrected chi connectivity index (χ1v) is 7.71. The SMILES string of the molecule is CCN1C(=O)C(Nc2ccc(C)cc2)=C(c2ccc(F)cc2)C1=O. The predicted molar refractivity (Wildman–Crippen MR) is 90.5 cm³/mol. The maximum absolute atomic E-state index is 13.2. The van der Waals surface area contributed by atoms with Crippen molar-refractivity contribution in [3.63, 3.8) is 0 Å². The van der Waals surface area contributed by atoms with Crippen molar-refractivity contribution < 1.29 is 14.0 Å². The zero-order valence-corrected chi connectivity index (χ0v) is 13.5. The van der Waals surface area contributed by atoms with E-state index in [4.69, 9.17) is 0 Å². The van der Waals surface area contributed by atoms with Crippen LogP contribution in [0.4, 0.5) is 10.1 Å². The third-order valence-corrected chi connectivity index (χ3v) is 3.94. The molecule has 2 aromatic carbocycles. The standard InChI is InChI=1S/C19H17FN2O2/c1-3-22-18(23)16(13-6-8-14(20)9-7-13)17(19(22)24)21-15-10-4-12(2)5-11-15/h4-11,21H,3H2,1-2H3. The number of benzene rings is 2. The molecule has 4 nitrogen and oxygen atoms in total. The fraction of sp³-hybridized carbons (Fsp3) is 0.158. The summed E-state index contributed by atoms with van der Waals surface area (Å²) in [7, 11) is 0. The number of carbonyl (C=O) groups is 2. The second-order valence-corrected chi connectivity index (χ2v) is 5.60. The smallest absolute Gasteiger partial charge is 0.278 e. The second-order valence-electron chi connectivity index (χ2n) is 5.60. The lowest BCUT2D eigenvalue weighted by atomic mass is 10.0. The predicted octanol–water partition coefficient (Wildman–Crippen LogP) is 3.35. The van der Waals surface area contributed by atoms with Crippen molar-refractivity contribution in [2.24, 2.45) is 0 Å². The first kappa shape index (κ1) is 15.9. The Kier molecular flexibility index (Phi) is 4.16. The highest BCUT2D eigenvalue weighted by Gasteiger charge is 2.38. The van der Waals surface area contributed by atoms with E-state index in [2.05, 4.69) is 5.32 Å². The maximum Gasteiger partial charge on any atom is 0.278 e. The lowest BCUT2D eigenvalue weighted by Crippen LogP contribution is -2.32. The Labute approximate surface area is 139 Å². The van der Waals surface area contributed by atoms with E-state index in [1.54, 1.807) is 6.92 Å². The van der Waals surface area contributed by atoms with Gasteiger partial charge >= 0.3 is 0 Å². The van der Waals surface area contributed by atoms with Crippen molar-refractivity contribution in [1.82, 2.24) is 4.90 Å². The Morgan fingerprint density at radius 3 is 2.17 bits per heavy atom. The minimum Gasteiger partial charge on any atom is -0.350 e. The number of carbonyl (C=O) groups excluding carboxylic acids is 2. The summed E-state index contributed by atoms with van der Waals surface area (Å²) >= 11 is 0. The molecular weight excluding hydrogens is 307 g/mol. The van der Waals surface area contributed by atoms with Gasteiger partial charge in [0.15, 0.2) is 0 Å². The van der Waals surface area contributed by atoms with Gasteiger partial charge in [0.25, 0.3) is 11.8 Å². The average molecular weight is 324 g/mol. The van der Waals surface area contributed by atoms with Gasteiger partial charge in [0, 0.05) is 12.2 Å². The second kappa shape index (κ2) is 6.28. The summed E-state index contributed by atoms with van der Waals surface area (Å²) in [6.45, 7) is 3.99. The number of anilines is 1. The van der Waals surface area contributed by atoms with Crippen molar-refractivity contribution in [3.8, 4) is 0 Å². The van der Waals surface area contributed by atoms with Gasteiger partial charge in [-0.25, -0.2) is 4.39 Å². The van der Waals surface area contributed by atoms with Crippen LogP contribution in [-0.2, 0) is 9.59 Å². The van der Waals surface area contributed by atoms with E-state index in [0.29, 0.717) is 11.3 Å². The van der Waals surface area contributed by atoms with Crippen molar-refractivity contribution in [2.45, 2.75) is 13.8 Å². The minimum atomic E-state index is -0.392. The van der Waals surface area contributed by atoms with Crippen molar-refractivity contribution in [2.75, 3.05) is 11.9 Å². The zero-order valence-electron chi connectivity index (χ0n) is 13.5. The number of amides is 2. The van der Waals surface area contributed by atoms with E-state index in [0.717, 1.165) is 5.56 Å². The molecule has 0 unspecified atom stereocenters. The Morgan fingerprint density at radius 2 is 1.58 bits per heavy atom. The molecule has 1 aliphatic rings. The Balaban J connectivity index is 2.07. The van der Waals surface area contributed by atoms with E-state index in [1.807, 2.05) is 31.2 Å². The Bertz CT molecular complexity index is 823. The number of rotatable bonds is 4. The van der Waals surface area contributed by atoms with E-state index < -0.39 is 5.82 Å². The van der Waals surface area contributed by atoms with Crippen LogP contribution in [0.3, 0.4) is 0 Å². The van der Waals surface area contributed by atoms with Crippen LogP contribution < -0.4 is 5.32 Å². The molecule has 1 N–H and O–H groups in total. The number of nitrogens with one attached hydrogen (secondary N) is 1. The van der Waals surface area contributed by atoms with E-state index in [-0.39, 0.29) is 29.6 Å². The van der Waals surface area contributed by atoms with Crippen LogP contribution in [0.15, 0.2) is 54.2 Å². The summed E-state index contributed by atoms with van der Waals surface area (Å²) in [6.07, 6.45) is 0. The summed E-state index contributed by atoms with van der Waals surface area (Å²) in [4.78, 5) is 26.4. The highest BCUT2D eigenvalue weighted by atomic mass is 19.1. The minimum absolute atomic E-state index is 0.220. The molecule has 0 radical (unpaired) electrons. The van der Waals surface area contributed by atoms with Crippen molar-refractivity contribution >= 4 is 23.1 Å². The molecule has 0 saturated heterocycles. The highest BCUT2D eigenvalue weighted by molar-refractivity contribution is 6.36. The number of nitrogens with zero attached hydrogens (tertiary/aromatic N) is 1. The van der Waals surface area contributed by atoms with Crippen LogP contribution in [0, 0.1) is 12.7 Å². The Morgan fingerprint density at radius 1 is 0.958 bits per heavy atom. The van der Waals surface area contributed by atoms with Gasteiger partial charge in [-0.05, 0) is 43.7 Å². The molecule has 0 atom stereocenters. The monoisotopic (exact) mass is 324 g/mol. The van der Waals surface area contributed by atoms with Gasteiger partial charge in [-0.15, -0.1) is 0 Å². The van der Waals surface area contributed by atoms with Crippen LogP contribution in [-0.4, -0.2) is 23.3 Å². The summed E-state index contributed by atoms with van der Waals surface area (Å²) < 4.78 is 13.2. The largest absolute Gasteiger partial charge is 0.350 e. The van der Waals surface area contributed by atoms with E-state index in [9.17, 15) is 14.0 Å². The normalized spacial score (nSPS) is 14.5. The maximum atomic E-state index is 13.2. The molecule has 0 aromatic heterocycles. The molecule has 0 aliphatic carbocycles. The number of hydrogen-bond donors (Lipinski definition) is 1. The number of likely N-dealkylation sites (N-methyl/N-ethyl adjacent to an activating group) is 1. The van der Waals surface area contributed by atoms with E-state index in [1.165, 1.54) is 29.2 Å². The lowest BCUT2D eigenvalue weighted by Gasteiger charge is -2.12. The molecular formula is C19H17FN2O2. The average Bonchev–Trinajstić information content (AvgIpc) is 2.81. The fourth-order valence-corrected chi connectivity index (χ4v) is 2.64. The van der Waals surface area contributed by atoms with Crippen molar-refractivity contribution in [1.29, 1.82) is 0 Å². The third kappa shape index (κ3) is 2.80. The quantitative estimate of drug-likeness (QED) is 0.878. The topological polar surface area (TPSA) is 49.4 Å². The number of imide groups is 1. The third-order valence-electron chi connectivity index (χ3n) is 3.94. The molecule has 3 rings (SSSR count). The van der Waals surface area contributed by atoms with Gasteiger partial charge in [-0.1, -0.05) is 29.8 Å². The summed E-state index contributed by atoms with van der Waals surface area (Å²) in [5, 5.41) is 3.05. The molecule has 0 spiro atoms. The first-order chi connectivity index (χ1) is 11.5. The van der Waals surface area contributed by atoms with Gasteiger partial charge in [0.05, 0.1) is 5.57 Å². The first-order valence-electron chi connectivity index (χ1n) is 7.71. The van der Waals surface area contributed by atoms with Gasteiger partial charge in [-0.2, -0.15) is 0 Å². The van der Waals surface area contributed by atoms with Crippen LogP contribution in [0.5, 0.6) is 0 Å². The van der Waals surface area contributed by atoms with Crippen LogP contribution in [0.2, 0.25) is 0 Å². The molecule has 122 valence electrons. The molecule has 0 bridgehead atoms. The Hall–Kier alpha value is -2.95. The molecule has 1 aliphatic heterocycles. The zero-order chi connectivity index (χ0) is 17.3. The molecule has 0 fully saturated rings. The van der Waals surface area contributed by atoms with Crippen LogP contribution in [0.1, 0.15) is 18.1 Å². The molecule has 24 heavy (non-hydrogen) atoms. The molecule has 1 heterocycles. The summed E-state index contributed by atoms with van der Waals surface area (Å²) in [5.41, 5.74) is 2.81. The van der Waals surface area contributed by atoms with Gasteiger partial charge in [0.2, 0.25) is 0 Å². The molecule has 2 aromatic rings. The molecule has 0 saturated carbocycles. The summed E-state index contributed by atoms with van der Waals surface area (Å²) in [6, 6.07) is 13.1. The molecule has 5 heteroatoms. The van der Waals surface area contributed by atoms with Crippen LogP contribution >= 0.6 is 0 Å². The van der Waals surface area contributed by atoms with Crippen molar-refractivity contribution in [3.05, 3.63) is 71.2 Å². The number of hydrogen-bond acceptors (Lipinski definition) is 3. The van der Waals surface area contributed by atoms with Gasteiger partial charge in [-0.3, -0.25) is 14.5 Å². The fourth-order valence-electron chi connectivity index (χ4n) is 2.64. The van der Waals surface area contributed by atoms with Crippen LogP contribution in [0.25, 0.3) is 5.57 Å².